The van der Waals surface area contributed by atoms with E-state index in [9.17, 15) is 9.90 Å². The number of benzene rings is 3. The predicted molar refractivity (Wildman–Crippen MR) is 112 cm³/mol. The molecule has 0 amide bonds. The summed E-state index contributed by atoms with van der Waals surface area (Å²) in [6.45, 7) is 1.98. The number of aryl methyl sites for hydroxylation is 1. The fourth-order valence-corrected chi connectivity index (χ4v) is 3.05. The molecule has 1 heterocycles. The van der Waals surface area contributed by atoms with E-state index >= 15 is 0 Å². The molecule has 0 spiro atoms. The van der Waals surface area contributed by atoms with Gasteiger partial charge in [0, 0.05) is 11.8 Å². The summed E-state index contributed by atoms with van der Waals surface area (Å²) in [4.78, 5) is 17.5. The maximum absolute atomic E-state index is 13.2. The summed E-state index contributed by atoms with van der Waals surface area (Å²) in [5.41, 5.74) is 3.99. The zero-order valence-corrected chi connectivity index (χ0v) is 15.3. The SMILES string of the molecule is Cc1cccc(-n2[nH]c(-c3ccccc3)c(C=Nc3ccccc3O)c2=O)c1. The summed E-state index contributed by atoms with van der Waals surface area (Å²) in [5.74, 6) is 0.0644. The molecule has 4 aromatic rings. The highest BCUT2D eigenvalue weighted by molar-refractivity contribution is 5.90. The Kier molecular flexibility index (Phi) is 4.64. The first-order valence-electron chi connectivity index (χ1n) is 8.93. The highest BCUT2D eigenvalue weighted by atomic mass is 16.3. The normalized spacial score (nSPS) is 11.2. The van der Waals surface area contributed by atoms with Crippen molar-refractivity contribution in [2.75, 3.05) is 0 Å². The number of H-pyrrole nitrogens is 1. The minimum Gasteiger partial charge on any atom is -0.506 e. The molecule has 138 valence electrons. The lowest BCUT2D eigenvalue weighted by atomic mass is 10.1. The minimum atomic E-state index is -0.205. The second-order valence-corrected chi connectivity index (χ2v) is 6.49. The van der Waals surface area contributed by atoms with Crippen molar-refractivity contribution in [1.82, 2.24) is 9.78 Å². The van der Waals surface area contributed by atoms with E-state index in [1.807, 2.05) is 61.5 Å². The second-order valence-electron chi connectivity index (χ2n) is 6.49. The number of aromatic nitrogens is 2. The number of aromatic hydroxyl groups is 1. The van der Waals surface area contributed by atoms with Gasteiger partial charge in [-0.25, -0.2) is 4.68 Å². The Morgan fingerprint density at radius 1 is 0.964 bits per heavy atom. The van der Waals surface area contributed by atoms with E-state index < -0.39 is 0 Å². The van der Waals surface area contributed by atoms with E-state index in [4.69, 9.17) is 0 Å². The fraction of sp³-hybridized carbons (Fsp3) is 0.0435. The van der Waals surface area contributed by atoms with E-state index in [2.05, 4.69) is 10.1 Å². The first-order chi connectivity index (χ1) is 13.6. The Morgan fingerprint density at radius 3 is 2.46 bits per heavy atom. The Morgan fingerprint density at radius 2 is 1.71 bits per heavy atom. The van der Waals surface area contributed by atoms with E-state index in [-0.39, 0.29) is 11.3 Å². The number of aliphatic imine (C=N–C) groups is 1. The van der Waals surface area contributed by atoms with Crippen molar-refractivity contribution in [3.8, 4) is 22.7 Å². The van der Waals surface area contributed by atoms with Gasteiger partial charge in [-0.2, -0.15) is 0 Å². The molecule has 0 bridgehead atoms. The van der Waals surface area contributed by atoms with Crippen LogP contribution in [0.5, 0.6) is 5.75 Å². The molecule has 28 heavy (non-hydrogen) atoms. The van der Waals surface area contributed by atoms with Gasteiger partial charge in [-0.3, -0.25) is 14.9 Å². The van der Waals surface area contributed by atoms with Gasteiger partial charge in [0.15, 0.2) is 0 Å². The van der Waals surface area contributed by atoms with Crippen molar-refractivity contribution in [3.05, 3.63) is 100 Å². The van der Waals surface area contributed by atoms with E-state index in [0.717, 1.165) is 16.8 Å². The number of nitrogens with zero attached hydrogens (tertiary/aromatic N) is 2. The van der Waals surface area contributed by atoms with Crippen molar-refractivity contribution in [2.24, 2.45) is 4.99 Å². The van der Waals surface area contributed by atoms with Gasteiger partial charge in [-0.05, 0) is 36.8 Å². The van der Waals surface area contributed by atoms with Gasteiger partial charge in [0.05, 0.1) is 16.9 Å². The molecular formula is C23H19N3O2. The summed E-state index contributed by atoms with van der Waals surface area (Å²) in [5, 5.41) is 13.2. The molecule has 0 fully saturated rings. The zero-order chi connectivity index (χ0) is 19.5. The summed E-state index contributed by atoms with van der Waals surface area (Å²) >= 11 is 0. The molecule has 1 aromatic heterocycles. The Balaban J connectivity index is 1.89. The molecule has 0 saturated heterocycles. The number of para-hydroxylation sites is 2. The van der Waals surface area contributed by atoms with E-state index in [1.54, 1.807) is 24.3 Å². The van der Waals surface area contributed by atoms with Crippen molar-refractivity contribution in [1.29, 1.82) is 0 Å². The van der Waals surface area contributed by atoms with Gasteiger partial charge < -0.3 is 5.11 Å². The summed E-state index contributed by atoms with van der Waals surface area (Å²) in [6.07, 6.45) is 1.50. The van der Waals surface area contributed by atoms with Crippen LogP contribution < -0.4 is 5.56 Å². The van der Waals surface area contributed by atoms with Crippen LogP contribution in [0.25, 0.3) is 16.9 Å². The lowest BCUT2D eigenvalue weighted by Gasteiger charge is -2.03. The van der Waals surface area contributed by atoms with Crippen LogP contribution in [0, 0.1) is 6.92 Å². The lowest BCUT2D eigenvalue weighted by Crippen LogP contribution is -2.17. The molecule has 3 aromatic carbocycles. The van der Waals surface area contributed by atoms with Crippen molar-refractivity contribution in [2.45, 2.75) is 6.92 Å². The Bertz CT molecular complexity index is 1200. The Hall–Kier alpha value is -3.86. The molecule has 2 N–H and O–H groups in total. The van der Waals surface area contributed by atoms with Crippen LogP contribution in [0.1, 0.15) is 11.1 Å². The molecule has 0 atom stereocenters. The monoisotopic (exact) mass is 369 g/mol. The van der Waals surface area contributed by atoms with Crippen LogP contribution in [0.3, 0.4) is 0 Å². The molecule has 0 saturated carbocycles. The highest BCUT2D eigenvalue weighted by Crippen LogP contribution is 2.26. The number of phenolic OH excluding ortho intramolecular Hbond substituents is 1. The average molecular weight is 369 g/mol. The number of hydrogen-bond acceptors (Lipinski definition) is 3. The zero-order valence-electron chi connectivity index (χ0n) is 15.3. The van der Waals surface area contributed by atoms with Crippen LogP contribution >= 0.6 is 0 Å². The summed E-state index contributed by atoms with van der Waals surface area (Å²) < 4.78 is 1.52. The smallest absolute Gasteiger partial charge is 0.280 e. The molecule has 0 unspecified atom stereocenters. The maximum atomic E-state index is 13.2. The summed E-state index contributed by atoms with van der Waals surface area (Å²) in [7, 11) is 0. The van der Waals surface area contributed by atoms with Crippen molar-refractivity contribution >= 4 is 11.9 Å². The van der Waals surface area contributed by atoms with Crippen LogP contribution in [0.15, 0.2) is 88.6 Å². The number of rotatable bonds is 4. The number of phenols is 1. The number of nitrogens with one attached hydrogen (secondary N) is 1. The second kappa shape index (κ2) is 7.40. The molecular weight excluding hydrogens is 350 g/mol. The van der Waals surface area contributed by atoms with Gasteiger partial charge in [-0.15, -0.1) is 0 Å². The minimum absolute atomic E-state index is 0.0644. The lowest BCUT2D eigenvalue weighted by molar-refractivity contribution is 0.477. The third-order valence-corrected chi connectivity index (χ3v) is 4.46. The topological polar surface area (TPSA) is 70.4 Å². The van der Waals surface area contributed by atoms with Gasteiger partial charge in [-0.1, -0.05) is 54.6 Å². The first-order valence-corrected chi connectivity index (χ1v) is 8.93. The van der Waals surface area contributed by atoms with Crippen LogP contribution in [-0.4, -0.2) is 21.1 Å². The van der Waals surface area contributed by atoms with Gasteiger partial charge in [0.2, 0.25) is 0 Å². The van der Waals surface area contributed by atoms with Gasteiger partial charge in [0.25, 0.3) is 5.56 Å². The average Bonchev–Trinajstić information content (AvgIpc) is 3.04. The van der Waals surface area contributed by atoms with Crippen LogP contribution in [-0.2, 0) is 0 Å². The third kappa shape index (κ3) is 3.38. The Labute approximate surface area is 162 Å². The molecule has 0 aliphatic heterocycles. The van der Waals surface area contributed by atoms with E-state index in [1.165, 1.54) is 10.9 Å². The quantitative estimate of drug-likeness (QED) is 0.516. The number of aromatic amines is 1. The molecule has 5 heteroatoms. The molecule has 5 nitrogen and oxygen atoms in total. The van der Waals surface area contributed by atoms with Crippen molar-refractivity contribution in [3.63, 3.8) is 0 Å². The molecule has 4 rings (SSSR count). The predicted octanol–water partition coefficient (Wildman–Crippen LogP) is 4.60. The van der Waals surface area contributed by atoms with Crippen molar-refractivity contribution < 1.29 is 5.11 Å². The standard InChI is InChI=1S/C23H19N3O2/c1-16-8-7-11-18(14-16)26-23(28)19(15-24-20-12-5-6-13-21(20)27)22(25-26)17-9-3-2-4-10-17/h2-15,25,27H,1H3. The summed E-state index contributed by atoms with van der Waals surface area (Å²) in [6, 6.07) is 24.1. The third-order valence-electron chi connectivity index (χ3n) is 4.46. The highest BCUT2D eigenvalue weighted by Gasteiger charge is 2.15. The van der Waals surface area contributed by atoms with Gasteiger partial charge in [0.1, 0.15) is 11.4 Å². The fourth-order valence-electron chi connectivity index (χ4n) is 3.05. The maximum Gasteiger partial charge on any atom is 0.280 e. The van der Waals surface area contributed by atoms with E-state index in [0.29, 0.717) is 16.9 Å². The van der Waals surface area contributed by atoms with Crippen LogP contribution in [0.2, 0.25) is 0 Å². The van der Waals surface area contributed by atoms with Gasteiger partial charge >= 0.3 is 0 Å². The first kappa shape index (κ1) is 17.5. The van der Waals surface area contributed by atoms with Crippen LogP contribution in [0.4, 0.5) is 5.69 Å². The molecule has 0 aliphatic carbocycles. The molecule has 0 aliphatic rings. The number of hydrogen-bond donors (Lipinski definition) is 2. The largest absolute Gasteiger partial charge is 0.506 e. The molecule has 0 radical (unpaired) electrons.